The number of aromatic nitrogens is 3. The van der Waals surface area contributed by atoms with Crippen LogP contribution < -0.4 is 5.32 Å². The van der Waals surface area contributed by atoms with Gasteiger partial charge in [-0.15, -0.1) is 0 Å². The maximum absolute atomic E-state index is 13.4. The van der Waals surface area contributed by atoms with Crippen LogP contribution >= 0.6 is 0 Å². The van der Waals surface area contributed by atoms with Gasteiger partial charge in [0.05, 0.1) is 11.1 Å². The van der Waals surface area contributed by atoms with Gasteiger partial charge in [0.25, 0.3) is 12.9 Å². The largest absolute Gasteiger partial charge is 0.352 e. The average molecular weight is 412 g/mol. The number of halogens is 4. The van der Waals surface area contributed by atoms with Gasteiger partial charge in [0, 0.05) is 11.6 Å². The summed E-state index contributed by atoms with van der Waals surface area (Å²) in [5, 5.41) is 7.14. The van der Waals surface area contributed by atoms with Crippen molar-refractivity contribution in [3.05, 3.63) is 23.0 Å². The van der Waals surface area contributed by atoms with Crippen LogP contribution in [0.4, 0.5) is 17.6 Å². The highest BCUT2D eigenvalue weighted by Crippen LogP contribution is 2.49. The van der Waals surface area contributed by atoms with Crippen LogP contribution in [0.15, 0.2) is 6.07 Å². The molecule has 2 bridgehead atoms. The molecule has 5 nitrogen and oxygen atoms in total. The van der Waals surface area contributed by atoms with Crippen molar-refractivity contribution < 1.29 is 22.4 Å². The van der Waals surface area contributed by atoms with Gasteiger partial charge in [0.15, 0.2) is 5.65 Å². The molecule has 2 fully saturated rings. The van der Waals surface area contributed by atoms with Crippen molar-refractivity contribution >= 4 is 16.9 Å². The Hall–Kier alpha value is -2.19. The molecule has 0 aliphatic heterocycles. The molecular formula is C20H24F4N4O. The first kappa shape index (κ1) is 20.1. The fourth-order valence-electron chi connectivity index (χ4n) is 5.25. The zero-order valence-corrected chi connectivity index (χ0v) is 16.3. The van der Waals surface area contributed by atoms with E-state index in [9.17, 15) is 22.4 Å². The molecule has 9 heteroatoms. The third-order valence-electron chi connectivity index (χ3n) is 6.50. The quantitative estimate of drug-likeness (QED) is 0.708. The first-order valence-electron chi connectivity index (χ1n) is 9.98. The van der Waals surface area contributed by atoms with Crippen molar-refractivity contribution in [1.29, 1.82) is 0 Å². The lowest BCUT2D eigenvalue weighted by molar-refractivity contribution is -0.122. The van der Waals surface area contributed by atoms with Crippen molar-refractivity contribution in [2.75, 3.05) is 0 Å². The van der Waals surface area contributed by atoms with Gasteiger partial charge in [-0.25, -0.2) is 27.2 Å². The number of amides is 1. The van der Waals surface area contributed by atoms with Gasteiger partial charge in [-0.2, -0.15) is 5.10 Å². The maximum atomic E-state index is 13.4. The van der Waals surface area contributed by atoms with Crippen molar-refractivity contribution in [2.24, 2.45) is 17.8 Å². The fourth-order valence-corrected chi connectivity index (χ4v) is 5.25. The summed E-state index contributed by atoms with van der Waals surface area (Å²) < 4.78 is 54.3. The molecule has 0 saturated heterocycles. The normalized spacial score (nSPS) is 24.8. The maximum Gasteiger partial charge on any atom is 0.280 e. The van der Waals surface area contributed by atoms with Crippen molar-refractivity contribution in [3.63, 3.8) is 0 Å². The summed E-state index contributed by atoms with van der Waals surface area (Å²) in [6.07, 6.45) is -1.12. The Labute approximate surface area is 165 Å². The van der Waals surface area contributed by atoms with Crippen molar-refractivity contribution in [2.45, 2.75) is 65.0 Å². The summed E-state index contributed by atoms with van der Waals surface area (Å²) in [6.45, 7) is 3.24. The lowest BCUT2D eigenvalue weighted by Gasteiger charge is -2.28. The van der Waals surface area contributed by atoms with Gasteiger partial charge in [0.2, 0.25) is 5.91 Å². The minimum absolute atomic E-state index is 0.00179. The number of carbonyl (C=O) groups excluding carboxylic acids is 1. The molecular weight excluding hydrogens is 388 g/mol. The van der Waals surface area contributed by atoms with Crippen LogP contribution in [0.5, 0.6) is 0 Å². The fraction of sp³-hybridized carbons (Fsp3) is 0.650. The number of carbonyl (C=O) groups is 1. The third kappa shape index (κ3) is 3.71. The van der Waals surface area contributed by atoms with E-state index in [1.165, 1.54) is 26.2 Å². The number of aryl methyl sites for hydroxylation is 1. The SMILES string of the molecule is Cc1nn(CC(=O)NC(C)C2CC3CCC2C3)c2nc(C(F)F)cc(C(F)F)c12. The highest BCUT2D eigenvalue weighted by molar-refractivity contribution is 5.84. The minimum atomic E-state index is -2.99. The average Bonchev–Trinajstić information content (AvgIpc) is 3.36. The molecule has 4 unspecified atom stereocenters. The molecule has 4 atom stereocenters. The summed E-state index contributed by atoms with van der Waals surface area (Å²) in [6, 6.07) is 0.718. The van der Waals surface area contributed by atoms with E-state index in [0.717, 1.165) is 17.0 Å². The molecule has 2 aliphatic rings. The van der Waals surface area contributed by atoms with Gasteiger partial charge in [-0.1, -0.05) is 6.42 Å². The molecule has 1 amide bonds. The Morgan fingerprint density at radius 3 is 2.59 bits per heavy atom. The van der Waals surface area contributed by atoms with Gasteiger partial charge in [-0.05, 0) is 56.9 Å². The smallest absolute Gasteiger partial charge is 0.280 e. The number of nitrogens with zero attached hydrogens (tertiary/aromatic N) is 3. The predicted molar refractivity (Wildman–Crippen MR) is 98.7 cm³/mol. The Bertz CT molecular complexity index is 929. The van der Waals surface area contributed by atoms with Crippen LogP contribution in [0.25, 0.3) is 11.0 Å². The van der Waals surface area contributed by atoms with Gasteiger partial charge in [0.1, 0.15) is 12.2 Å². The summed E-state index contributed by atoms with van der Waals surface area (Å²) in [5.74, 6) is 1.52. The van der Waals surface area contributed by atoms with Gasteiger partial charge < -0.3 is 5.32 Å². The Morgan fingerprint density at radius 1 is 1.24 bits per heavy atom. The summed E-state index contributed by atoms with van der Waals surface area (Å²) in [7, 11) is 0. The van der Waals surface area contributed by atoms with Crippen molar-refractivity contribution in [3.8, 4) is 0 Å². The lowest BCUT2D eigenvalue weighted by atomic mass is 9.84. The van der Waals surface area contributed by atoms with E-state index in [1.807, 2.05) is 6.92 Å². The Kier molecular flexibility index (Phi) is 5.25. The highest BCUT2D eigenvalue weighted by Gasteiger charge is 2.42. The third-order valence-corrected chi connectivity index (χ3v) is 6.50. The number of fused-ring (bicyclic) bond motifs is 3. The number of rotatable bonds is 6. The lowest BCUT2D eigenvalue weighted by Crippen LogP contribution is -2.41. The van der Waals surface area contributed by atoms with Crippen LogP contribution in [-0.4, -0.2) is 26.7 Å². The van der Waals surface area contributed by atoms with Crippen LogP contribution in [0.1, 0.15) is 62.4 Å². The summed E-state index contributed by atoms with van der Waals surface area (Å²) in [5.41, 5.74) is -1.16. The molecule has 0 aromatic carbocycles. The second-order valence-electron chi connectivity index (χ2n) is 8.37. The Balaban J connectivity index is 1.56. The zero-order valence-electron chi connectivity index (χ0n) is 16.3. The molecule has 2 saturated carbocycles. The molecule has 4 rings (SSSR count). The minimum Gasteiger partial charge on any atom is -0.352 e. The van der Waals surface area contributed by atoms with Crippen molar-refractivity contribution in [1.82, 2.24) is 20.1 Å². The number of nitrogens with one attached hydrogen (secondary N) is 1. The molecule has 2 aromatic heterocycles. The molecule has 2 heterocycles. The number of alkyl halides is 4. The van der Waals surface area contributed by atoms with E-state index < -0.39 is 24.1 Å². The second kappa shape index (κ2) is 7.57. The van der Waals surface area contributed by atoms with E-state index in [-0.39, 0.29) is 35.2 Å². The molecule has 29 heavy (non-hydrogen) atoms. The summed E-state index contributed by atoms with van der Waals surface area (Å²) >= 11 is 0. The zero-order chi connectivity index (χ0) is 20.9. The molecule has 1 N–H and O–H groups in total. The topological polar surface area (TPSA) is 59.8 Å². The number of hydrogen-bond acceptors (Lipinski definition) is 3. The van der Waals surface area contributed by atoms with Crippen LogP contribution in [0.3, 0.4) is 0 Å². The second-order valence-corrected chi connectivity index (χ2v) is 8.37. The van der Waals surface area contributed by atoms with E-state index >= 15 is 0 Å². The van der Waals surface area contributed by atoms with Crippen LogP contribution in [0.2, 0.25) is 0 Å². The molecule has 2 aromatic rings. The van der Waals surface area contributed by atoms with E-state index in [1.54, 1.807) is 0 Å². The van der Waals surface area contributed by atoms with E-state index in [4.69, 9.17) is 0 Å². The van der Waals surface area contributed by atoms with Crippen LogP contribution in [0, 0.1) is 24.7 Å². The van der Waals surface area contributed by atoms with E-state index in [2.05, 4.69) is 15.4 Å². The first-order chi connectivity index (χ1) is 13.7. The first-order valence-corrected chi connectivity index (χ1v) is 9.98. The summed E-state index contributed by atoms with van der Waals surface area (Å²) in [4.78, 5) is 16.4. The van der Waals surface area contributed by atoms with Gasteiger partial charge >= 0.3 is 0 Å². The van der Waals surface area contributed by atoms with Crippen LogP contribution in [-0.2, 0) is 11.3 Å². The monoisotopic (exact) mass is 412 g/mol. The van der Waals surface area contributed by atoms with E-state index in [0.29, 0.717) is 17.9 Å². The standard InChI is InChI=1S/C20H24F4N4O/c1-9(13-6-11-3-4-12(13)5-11)25-16(29)8-28-20-17(10(2)27-28)14(18(21)22)7-15(26-20)19(23)24/h7,9,11-13,18-19H,3-6,8H2,1-2H3,(H,25,29). The molecule has 158 valence electrons. The molecule has 0 radical (unpaired) electrons. The predicted octanol–water partition coefficient (Wildman–Crippen LogP) is 4.56. The number of hydrogen-bond donors (Lipinski definition) is 1. The number of pyridine rings is 1. The molecule has 2 aliphatic carbocycles. The highest BCUT2D eigenvalue weighted by atomic mass is 19.3. The van der Waals surface area contributed by atoms with Gasteiger partial charge in [-0.3, -0.25) is 4.79 Å². The molecule has 0 spiro atoms. The Morgan fingerprint density at radius 2 is 2.00 bits per heavy atom.